The average Bonchev–Trinajstić information content (AvgIpc) is 3.46. The zero-order valence-corrected chi connectivity index (χ0v) is 17.4. The van der Waals surface area contributed by atoms with Crippen molar-refractivity contribution >= 4 is 17.7 Å². The Hall–Kier alpha value is -2.58. The number of rotatable bonds is 7. The van der Waals surface area contributed by atoms with Crippen LogP contribution in [-0.2, 0) is 9.53 Å². The third kappa shape index (κ3) is 4.54. The van der Waals surface area contributed by atoms with Crippen LogP contribution in [0.25, 0.3) is 17.1 Å². The molecule has 0 unspecified atom stereocenters. The molecule has 0 bridgehead atoms. The van der Waals surface area contributed by atoms with E-state index in [9.17, 15) is 4.79 Å². The lowest BCUT2D eigenvalue weighted by Crippen LogP contribution is -2.32. The van der Waals surface area contributed by atoms with Gasteiger partial charge in [-0.15, -0.1) is 10.2 Å². The summed E-state index contributed by atoms with van der Waals surface area (Å²) in [6.45, 7) is 5.29. The molecule has 0 aliphatic carbocycles. The SMILES string of the molecule is Cc1ccc(-n2c(SCC(=O)NC[C@H]3CCCO3)nnc2-c2ccoc2C)cc1. The number of carbonyl (C=O) groups is 1. The number of amides is 1. The number of carbonyl (C=O) groups excluding carboxylic acids is 1. The second-order valence-corrected chi connectivity index (χ2v) is 8.04. The van der Waals surface area contributed by atoms with Gasteiger partial charge in [-0.05, 0) is 44.9 Å². The number of hydrogen-bond acceptors (Lipinski definition) is 6. The molecule has 152 valence electrons. The fraction of sp³-hybridized carbons (Fsp3) is 0.381. The van der Waals surface area contributed by atoms with Gasteiger partial charge in [0.2, 0.25) is 5.91 Å². The second-order valence-electron chi connectivity index (χ2n) is 7.10. The Bertz CT molecular complexity index is 974. The van der Waals surface area contributed by atoms with Crippen LogP contribution in [0.2, 0.25) is 0 Å². The molecular weight excluding hydrogens is 388 g/mol. The van der Waals surface area contributed by atoms with Crippen LogP contribution in [-0.4, -0.2) is 45.7 Å². The van der Waals surface area contributed by atoms with Crippen molar-refractivity contribution in [2.75, 3.05) is 18.9 Å². The number of hydrogen-bond donors (Lipinski definition) is 1. The fourth-order valence-electron chi connectivity index (χ4n) is 3.30. The number of thioether (sulfide) groups is 1. The van der Waals surface area contributed by atoms with Gasteiger partial charge in [0.15, 0.2) is 11.0 Å². The molecule has 3 heterocycles. The molecule has 0 spiro atoms. The Morgan fingerprint density at radius 1 is 1.24 bits per heavy atom. The number of aryl methyl sites for hydroxylation is 2. The molecule has 1 N–H and O–H groups in total. The van der Waals surface area contributed by atoms with Crippen LogP contribution in [0, 0.1) is 13.8 Å². The van der Waals surface area contributed by atoms with Crippen LogP contribution in [0.5, 0.6) is 0 Å². The summed E-state index contributed by atoms with van der Waals surface area (Å²) < 4.78 is 13.0. The number of benzene rings is 1. The molecule has 1 amide bonds. The van der Waals surface area contributed by atoms with Gasteiger partial charge in [0.25, 0.3) is 0 Å². The number of aromatic nitrogens is 3. The summed E-state index contributed by atoms with van der Waals surface area (Å²) in [7, 11) is 0. The van der Waals surface area contributed by atoms with E-state index in [0.29, 0.717) is 17.5 Å². The lowest BCUT2D eigenvalue weighted by Gasteiger charge is -2.12. The predicted octanol–water partition coefficient (Wildman–Crippen LogP) is 3.53. The first kappa shape index (κ1) is 19.7. The van der Waals surface area contributed by atoms with Crippen LogP contribution in [0.1, 0.15) is 24.2 Å². The smallest absolute Gasteiger partial charge is 0.230 e. The highest BCUT2D eigenvalue weighted by Gasteiger charge is 2.20. The fourth-order valence-corrected chi connectivity index (χ4v) is 4.08. The van der Waals surface area contributed by atoms with Crippen LogP contribution in [0.3, 0.4) is 0 Å². The first-order valence-corrected chi connectivity index (χ1v) is 10.7. The van der Waals surface area contributed by atoms with Crippen molar-refractivity contribution < 1.29 is 13.9 Å². The molecule has 3 aromatic rings. The molecule has 1 aliphatic heterocycles. The van der Waals surface area contributed by atoms with Gasteiger partial charge in [0.1, 0.15) is 5.76 Å². The highest BCUT2D eigenvalue weighted by Crippen LogP contribution is 2.30. The minimum Gasteiger partial charge on any atom is -0.469 e. The predicted molar refractivity (Wildman–Crippen MR) is 111 cm³/mol. The van der Waals surface area contributed by atoms with Crippen molar-refractivity contribution in [1.82, 2.24) is 20.1 Å². The third-order valence-electron chi connectivity index (χ3n) is 4.91. The maximum Gasteiger partial charge on any atom is 0.230 e. The van der Waals surface area contributed by atoms with E-state index < -0.39 is 0 Å². The summed E-state index contributed by atoms with van der Waals surface area (Å²) in [5, 5.41) is 12.3. The molecule has 1 atom stereocenters. The monoisotopic (exact) mass is 412 g/mol. The standard InChI is InChI=1S/C21H24N4O3S/c1-14-5-7-16(8-6-14)25-20(18-9-11-27-15(18)2)23-24-21(25)29-13-19(26)22-12-17-4-3-10-28-17/h5-9,11,17H,3-4,10,12-13H2,1-2H3,(H,22,26)/t17-/m1/s1. The highest BCUT2D eigenvalue weighted by atomic mass is 32.2. The summed E-state index contributed by atoms with van der Waals surface area (Å²) in [4.78, 5) is 12.3. The van der Waals surface area contributed by atoms with Gasteiger partial charge in [-0.3, -0.25) is 9.36 Å². The first-order valence-electron chi connectivity index (χ1n) is 9.70. The largest absolute Gasteiger partial charge is 0.469 e. The molecule has 1 aromatic carbocycles. The Labute approximate surface area is 173 Å². The van der Waals surface area contributed by atoms with Crippen LogP contribution in [0.4, 0.5) is 0 Å². The molecule has 0 radical (unpaired) electrons. The molecule has 1 fully saturated rings. The van der Waals surface area contributed by atoms with Gasteiger partial charge in [0.05, 0.1) is 23.7 Å². The summed E-state index contributed by atoms with van der Waals surface area (Å²) in [5.74, 6) is 1.70. The lowest BCUT2D eigenvalue weighted by atomic mass is 10.2. The quantitative estimate of drug-likeness (QED) is 0.598. The van der Waals surface area contributed by atoms with E-state index in [2.05, 4.69) is 15.5 Å². The molecule has 0 saturated carbocycles. The van der Waals surface area contributed by atoms with Gasteiger partial charge in [0, 0.05) is 18.8 Å². The number of ether oxygens (including phenoxy) is 1. The maximum absolute atomic E-state index is 12.3. The Morgan fingerprint density at radius 2 is 2.07 bits per heavy atom. The summed E-state index contributed by atoms with van der Waals surface area (Å²) in [6.07, 6.45) is 3.84. The van der Waals surface area contributed by atoms with Crippen LogP contribution < -0.4 is 5.32 Å². The number of nitrogens with one attached hydrogen (secondary N) is 1. The van der Waals surface area contributed by atoms with E-state index in [1.807, 2.05) is 48.7 Å². The third-order valence-corrected chi connectivity index (χ3v) is 5.84. The Morgan fingerprint density at radius 3 is 2.76 bits per heavy atom. The zero-order chi connectivity index (χ0) is 20.2. The minimum absolute atomic E-state index is 0.0370. The summed E-state index contributed by atoms with van der Waals surface area (Å²) in [6, 6.07) is 10.0. The lowest BCUT2D eigenvalue weighted by molar-refractivity contribution is -0.119. The number of furan rings is 1. The maximum atomic E-state index is 12.3. The molecular formula is C21H24N4O3S. The summed E-state index contributed by atoms with van der Waals surface area (Å²) >= 11 is 1.37. The van der Waals surface area contributed by atoms with Gasteiger partial charge in [-0.1, -0.05) is 29.5 Å². The van der Waals surface area contributed by atoms with Crippen molar-refractivity contribution in [1.29, 1.82) is 0 Å². The topological polar surface area (TPSA) is 82.2 Å². The average molecular weight is 413 g/mol. The van der Waals surface area contributed by atoms with E-state index >= 15 is 0 Å². The molecule has 29 heavy (non-hydrogen) atoms. The van der Waals surface area contributed by atoms with Crippen molar-refractivity contribution in [3.8, 4) is 17.1 Å². The van der Waals surface area contributed by atoms with E-state index in [1.54, 1.807) is 6.26 Å². The minimum atomic E-state index is -0.0370. The molecule has 8 heteroatoms. The van der Waals surface area contributed by atoms with Gasteiger partial charge in [-0.25, -0.2) is 0 Å². The zero-order valence-electron chi connectivity index (χ0n) is 16.6. The van der Waals surface area contributed by atoms with Gasteiger partial charge < -0.3 is 14.5 Å². The van der Waals surface area contributed by atoms with Crippen molar-refractivity contribution in [3.63, 3.8) is 0 Å². The molecule has 1 saturated heterocycles. The van der Waals surface area contributed by atoms with E-state index in [1.165, 1.54) is 17.3 Å². The van der Waals surface area contributed by atoms with Crippen molar-refractivity contribution in [3.05, 3.63) is 47.9 Å². The Balaban J connectivity index is 1.53. The first-order chi connectivity index (χ1) is 14.1. The highest BCUT2D eigenvalue weighted by molar-refractivity contribution is 7.99. The van der Waals surface area contributed by atoms with Crippen molar-refractivity contribution in [2.24, 2.45) is 0 Å². The normalized spacial score (nSPS) is 16.3. The Kier molecular flexibility index (Phi) is 6.01. The molecule has 1 aliphatic rings. The molecule has 2 aromatic heterocycles. The summed E-state index contributed by atoms with van der Waals surface area (Å²) in [5.41, 5.74) is 3.00. The van der Waals surface area contributed by atoms with Gasteiger partial charge >= 0.3 is 0 Å². The van der Waals surface area contributed by atoms with Crippen molar-refractivity contribution in [2.45, 2.75) is 37.9 Å². The van der Waals surface area contributed by atoms with Crippen LogP contribution >= 0.6 is 11.8 Å². The van der Waals surface area contributed by atoms with Crippen LogP contribution in [0.15, 0.2) is 46.2 Å². The second kappa shape index (κ2) is 8.84. The molecule has 7 nitrogen and oxygen atoms in total. The number of nitrogens with zero attached hydrogens (tertiary/aromatic N) is 3. The van der Waals surface area contributed by atoms with E-state index in [0.717, 1.165) is 36.5 Å². The molecule has 4 rings (SSSR count). The van der Waals surface area contributed by atoms with E-state index in [4.69, 9.17) is 9.15 Å². The van der Waals surface area contributed by atoms with E-state index in [-0.39, 0.29) is 17.8 Å². The van der Waals surface area contributed by atoms with Gasteiger partial charge in [-0.2, -0.15) is 0 Å².